The molecule has 2 rings (SSSR count). The average molecular weight is 298 g/mol. The summed E-state index contributed by atoms with van der Waals surface area (Å²) >= 11 is 3.41. The molecule has 1 amide bonds. The smallest absolute Gasteiger partial charge is 0.236 e. The quantitative estimate of drug-likeness (QED) is 0.830. The van der Waals surface area contributed by atoms with Gasteiger partial charge >= 0.3 is 0 Å². The molecule has 0 saturated carbocycles. The molecule has 0 radical (unpaired) electrons. The van der Waals surface area contributed by atoms with Gasteiger partial charge in [0.25, 0.3) is 0 Å². The molecule has 0 aromatic carbocycles. The van der Waals surface area contributed by atoms with Gasteiger partial charge in [0.2, 0.25) is 5.91 Å². The Hall–Kier alpha value is -0.940. The fourth-order valence-electron chi connectivity index (χ4n) is 1.98. The normalized spacial score (nSPS) is 18.2. The summed E-state index contributed by atoms with van der Waals surface area (Å²) in [4.78, 5) is 19.9. The van der Waals surface area contributed by atoms with E-state index in [2.05, 4.69) is 25.8 Å². The molecule has 0 N–H and O–H groups in total. The number of hydrogen-bond acceptors (Lipinski definition) is 3. The maximum atomic E-state index is 11.7. The molecule has 1 fully saturated rings. The van der Waals surface area contributed by atoms with Crippen LogP contribution in [0, 0.1) is 0 Å². The Labute approximate surface area is 110 Å². The van der Waals surface area contributed by atoms with E-state index in [4.69, 9.17) is 0 Å². The van der Waals surface area contributed by atoms with Gasteiger partial charge in [0.05, 0.1) is 6.54 Å². The Balaban J connectivity index is 2.01. The largest absolute Gasteiger partial charge is 0.345 e. The average Bonchev–Trinajstić information content (AvgIpc) is 2.42. The third-order valence-corrected chi connectivity index (χ3v) is 3.35. The van der Waals surface area contributed by atoms with Gasteiger partial charge in [0.15, 0.2) is 0 Å². The molecule has 1 saturated heterocycles. The lowest BCUT2D eigenvalue weighted by Gasteiger charge is -2.19. The summed E-state index contributed by atoms with van der Waals surface area (Å²) in [6.45, 7) is 3.10. The molecule has 0 spiro atoms. The monoisotopic (exact) mass is 297 g/mol. The molecular weight excluding hydrogens is 282 g/mol. The van der Waals surface area contributed by atoms with Crippen LogP contribution >= 0.6 is 15.9 Å². The number of hydrogen-bond donors (Lipinski definition) is 0. The minimum absolute atomic E-state index is 0.199. The molecule has 1 aromatic rings. The second kappa shape index (κ2) is 5.60. The van der Waals surface area contributed by atoms with Crippen LogP contribution < -0.4 is 0 Å². The Kier molecular flexibility index (Phi) is 4.12. The first-order chi connectivity index (χ1) is 8.15. The molecule has 17 heavy (non-hydrogen) atoms. The lowest BCUT2D eigenvalue weighted by atomic mass is 10.2. The van der Waals surface area contributed by atoms with Crippen molar-refractivity contribution in [3.8, 4) is 0 Å². The third kappa shape index (κ3) is 3.51. The van der Waals surface area contributed by atoms with Crippen molar-refractivity contribution in [2.24, 2.45) is 0 Å². The first-order valence-electron chi connectivity index (χ1n) is 5.71. The van der Waals surface area contributed by atoms with Crippen molar-refractivity contribution < 1.29 is 4.79 Å². The summed E-state index contributed by atoms with van der Waals surface area (Å²) in [7, 11) is 1.87. The van der Waals surface area contributed by atoms with E-state index in [1.807, 2.05) is 19.3 Å². The van der Waals surface area contributed by atoms with Crippen molar-refractivity contribution in [3.63, 3.8) is 0 Å². The molecule has 1 aromatic heterocycles. The highest BCUT2D eigenvalue weighted by Gasteiger charge is 2.18. The number of halogens is 1. The van der Waals surface area contributed by atoms with E-state index in [0.717, 1.165) is 36.1 Å². The highest BCUT2D eigenvalue weighted by molar-refractivity contribution is 9.10. The fourth-order valence-corrected chi connectivity index (χ4v) is 2.39. The molecule has 92 valence electrons. The van der Waals surface area contributed by atoms with E-state index >= 15 is 0 Å². The van der Waals surface area contributed by atoms with Gasteiger partial charge < -0.3 is 4.90 Å². The summed E-state index contributed by atoms with van der Waals surface area (Å²) in [5, 5.41) is 0. The predicted molar refractivity (Wildman–Crippen MR) is 69.5 cm³/mol. The van der Waals surface area contributed by atoms with Gasteiger partial charge in [-0.15, -0.1) is 0 Å². The SMILES string of the molecule is CN1CCCN(Cc2cncc(Br)c2)CC1=O. The first kappa shape index (κ1) is 12.5. The maximum Gasteiger partial charge on any atom is 0.236 e. The van der Waals surface area contributed by atoms with E-state index in [1.54, 1.807) is 11.1 Å². The van der Waals surface area contributed by atoms with Gasteiger partial charge in [-0.1, -0.05) is 0 Å². The minimum atomic E-state index is 0.199. The van der Waals surface area contributed by atoms with E-state index in [1.165, 1.54) is 0 Å². The molecular formula is C12H16BrN3O. The van der Waals surface area contributed by atoms with Crippen LogP contribution in [0.1, 0.15) is 12.0 Å². The van der Waals surface area contributed by atoms with Crippen LogP contribution in [0.3, 0.4) is 0 Å². The van der Waals surface area contributed by atoms with Gasteiger partial charge in [-0.3, -0.25) is 14.7 Å². The summed E-state index contributed by atoms with van der Waals surface area (Å²) in [5.74, 6) is 0.199. The summed E-state index contributed by atoms with van der Waals surface area (Å²) in [5.41, 5.74) is 1.14. The van der Waals surface area contributed by atoms with Gasteiger partial charge in [-0.2, -0.15) is 0 Å². The molecule has 5 heteroatoms. The third-order valence-electron chi connectivity index (χ3n) is 2.92. The van der Waals surface area contributed by atoms with Crippen LogP contribution in [0.5, 0.6) is 0 Å². The number of likely N-dealkylation sites (N-methyl/N-ethyl adjacent to an activating group) is 1. The molecule has 0 atom stereocenters. The highest BCUT2D eigenvalue weighted by atomic mass is 79.9. The van der Waals surface area contributed by atoms with Crippen LogP contribution in [-0.4, -0.2) is 47.4 Å². The molecule has 4 nitrogen and oxygen atoms in total. The zero-order chi connectivity index (χ0) is 12.3. The van der Waals surface area contributed by atoms with E-state index < -0.39 is 0 Å². The van der Waals surface area contributed by atoms with Crippen LogP contribution in [0.2, 0.25) is 0 Å². The lowest BCUT2D eigenvalue weighted by Crippen LogP contribution is -2.34. The zero-order valence-corrected chi connectivity index (χ0v) is 11.5. The minimum Gasteiger partial charge on any atom is -0.345 e. The number of rotatable bonds is 2. The number of nitrogens with zero attached hydrogens (tertiary/aromatic N) is 3. The zero-order valence-electron chi connectivity index (χ0n) is 9.90. The molecule has 0 unspecified atom stereocenters. The lowest BCUT2D eigenvalue weighted by molar-refractivity contribution is -0.129. The summed E-state index contributed by atoms with van der Waals surface area (Å²) in [6, 6.07) is 2.05. The predicted octanol–water partition coefficient (Wildman–Crippen LogP) is 1.51. The summed E-state index contributed by atoms with van der Waals surface area (Å²) < 4.78 is 0.980. The van der Waals surface area contributed by atoms with Crippen LogP contribution in [0.4, 0.5) is 0 Å². The number of carbonyl (C=O) groups excluding carboxylic acids is 1. The standard InChI is InChI=1S/C12H16BrN3O/c1-15-3-2-4-16(9-12(15)17)8-10-5-11(13)7-14-6-10/h5-7H,2-4,8-9H2,1H3. The number of carbonyl (C=O) groups is 1. The first-order valence-corrected chi connectivity index (χ1v) is 6.50. The second-order valence-electron chi connectivity index (χ2n) is 4.39. The van der Waals surface area contributed by atoms with Crippen LogP contribution in [0.15, 0.2) is 22.9 Å². The van der Waals surface area contributed by atoms with Gasteiger partial charge in [0, 0.05) is 43.5 Å². The van der Waals surface area contributed by atoms with Crippen LogP contribution in [0.25, 0.3) is 0 Å². The highest BCUT2D eigenvalue weighted by Crippen LogP contribution is 2.13. The number of amides is 1. The van der Waals surface area contributed by atoms with E-state index in [9.17, 15) is 4.79 Å². The molecule has 1 aliphatic rings. The van der Waals surface area contributed by atoms with E-state index in [0.29, 0.717) is 6.54 Å². The van der Waals surface area contributed by atoms with Crippen molar-refractivity contribution in [1.82, 2.24) is 14.8 Å². The Morgan fingerprint density at radius 2 is 2.24 bits per heavy atom. The number of pyridine rings is 1. The van der Waals surface area contributed by atoms with Crippen molar-refractivity contribution >= 4 is 21.8 Å². The Morgan fingerprint density at radius 1 is 1.41 bits per heavy atom. The van der Waals surface area contributed by atoms with Gasteiger partial charge in [0.1, 0.15) is 0 Å². The maximum absolute atomic E-state index is 11.7. The Bertz CT molecular complexity index is 410. The van der Waals surface area contributed by atoms with Gasteiger partial charge in [-0.05, 0) is 34.0 Å². The number of aromatic nitrogens is 1. The molecule has 2 heterocycles. The van der Waals surface area contributed by atoms with Crippen molar-refractivity contribution in [2.45, 2.75) is 13.0 Å². The van der Waals surface area contributed by atoms with Crippen LogP contribution in [-0.2, 0) is 11.3 Å². The topological polar surface area (TPSA) is 36.4 Å². The van der Waals surface area contributed by atoms with Crippen molar-refractivity contribution in [3.05, 3.63) is 28.5 Å². The van der Waals surface area contributed by atoms with E-state index in [-0.39, 0.29) is 5.91 Å². The second-order valence-corrected chi connectivity index (χ2v) is 5.31. The fraction of sp³-hybridized carbons (Fsp3) is 0.500. The van der Waals surface area contributed by atoms with Crippen molar-refractivity contribution in [1.29, 1.82) is 0 Å². The molecule has 0 aliphatic carbocycles. The molecule has 0 bridgehead atoms. The van der Waals surface area contributed by atoms with Crippen molar-refractivity contribution in [2.75, 3.05) is 26.7 Å². The molecule has 1 aliphatic heterocycles. The van der Waals surface area contributed by atoms with Gasteiger partial charge in [-0.25, -0.2) is 0 Å². The Morgan fingerprint density at radius 3 is 3.00 bits per heavy atom. The summed E-state index contributed by atoms with van der Waals surface area (Å²) in [6.07, 6.45) is 4.65.